The van der Waals surface area contributed by atoms with Crippen LogP contribution >= 0.6 is 0 Å². The molecule has 1 fully saturated rings. The molecule has 2 amide bonds. The molecule has 0 radical (unpaired) electrons. The van der Waals surface area contributed by atoms with Gasteiger partial charge in [-0.2, -0.15) is 0 Å². The van der Waals surface area contributed by atoms with Crippen LogP contribution in [-0.4, -0.2) is 62.0 Å². The smallest absolute Gasteiger partial charge is 0.261 e. The Morgan fingerprint density at radius 1 is 1.30 bits per heavy atom. The second-order valence-electron chi connectivity index (χ2n) is 5.92. The van der Waals surface area contributed by atoms with Crippen LogP contribution in [0.2, 0.25) is 0 Å². The molecule has 0 aromatic heterocycles. The monoisotopic (exact) mass is 320 g/mol. The molecule has 0 spiro atoms. The maximum absolute atomic E-state index is 12.4. The minimum absolute atomic E-state index is 0.0382. The predicted molar refractivity (Wildman–Crippen MR) is 86.7 cm³/mol. The highest BCUT2D eigenvalue weighted by molar-refractivity contribution is 5.88. The number of likely N-dealkylation sites (N-methyl/N-ethyl adjacent to an activating group) is 1. The van der Waals surface area contributed by atoms with Gasteiger partial charge in [0, 0.05) is 20.6 Å². The topological polar surface area (TPSA) is 59.1 Å². The van der Waals surface area contributed by atoms with E-state index in [4.69, 9.17) is 9.47 Å². The van der Waals surface area contributed by atoms with Crippen molar-refractivity contribution in [3.8, 4) is 11.5 Å². The molecule has 1 atom stereocenters. The maximum Gasteiger partial charge on any atom is 0.261 e. The average molecular weight is 320 g/mol. The number of carbonyl (C=O) groups is 2. The van der Waals surface area contributed by atoms with Crippen LogP contribution in [0.1, 0.15) is 18.4 Å². The zero-order valence-corrected chi connectivity index (χ0v) is 14.2. The quantitative estimate of drug-likeness (QED) is 0.824. The van der Waals surface area contributed by atoms with Crippen LogP contribution < -0.4 is 9.47 Å². The lowest BCUT2D eigenvalue weighted by Crippen LogP contribution is -2.46. The molecule has 1 aromatic carbocycles. The number of amides is 2. The van der Waals surface area contributed by atoms with Gasteiger partial charge in [0.15, 0.2) is 18.1 Å². The summed E-state index contributed by atoms with van der Waals surface area (Å²) in [4.78, 5) is 27.7. The van der Waals surface area contributed by atoms with Crippen LogP contribution in [0.3, 0.4) is 0 Å². The van der Waals surface area contributed by atoms with E-state index in [0.29, 0.717) is 24.5 Å². The van der Waals surface area contributed by atoms with Crippen molar-refractivity contribution >= 4 is 11.8 Å². The van der Waals surface area contributed by atoms with Gasteiger partial charge in [-0.25, -0.2) is 0 Å². The van der Waals surface area contributed by atoms with E-state index in [2.05, 4.69) is 0 Å². The standard InChI is InChI=1S/C17H24N2O4/c1-12-7-8-14(15(10-12)22-4)23-11-16(20)19-9-5-6-13(19)17(21)18(2)3/h7-8,10,13H,5-6,9,11H2,1-4H3. The second kappa shape index (κ2) is 7.35. The number of carbonyl (C=O) groups excluding carboxylic acids is 2. The van der Waals surface area contributed by atoms with E-state index in [9.17, 15) is 9.59 Å². The van der Waals surface area contributed by atoms with Crippen LogP contribution in [0.4, 0.5) is 0 Å². The molecule has 0 aliphatic carbocycles. The lowest BCUT2D eigenvalue weighted by molar-refractivity contribution is -0.143. The highest BCUT2D eigenvalue weighted by atomic mass is 16.5. The van der Waals surface area contributed by atoms with E-state index in [1.807, 2.05) is 19.1 Å². The summed E-state index contributed by atoms with van der Waals surface area (Å²) in [6, 6.07) is 5.17. The van der Waals surface area contributed by atoms with Gasteiger partial charge >= 0.3 is 0 Å². The first-order valence-corrected chi connectivity index (χ1v) is 7.72. The van der Waals surface area contributed by atoms with E-state index in [0.717, 1.165) is 12.0 Å². The van der Waals surface area contributed by atoms with Crippen molar-refractivity contribution in [2.75, 3.05) is 34.4 Å². The van der Waals surface area contributed by atoms with Crippen molar-refractivity contribution in [1.82, 2.24) is 9.80 Å². The van der Waals surface area contributed by atoms with E-state index >= 15 is 0 Å². The normalized spacial score (nSPS) is 17.0. The molecular weight excluding hydrogens is 296 g/mol. The van der Waals surface area contributed by atoms with Gasteiger partial charge in [-0.15, -0.1) is 0 Å². The number of hydrogen-bond donors (Lipinski definition) is 0. The number of nitrogens with zero attached hydrogens (tertiary/aromatic N) is 2. The summed E-state index contributed by atoms with van der Waals surface area (Å²) in [5.41, 5.74) is 1.05. The first kappa shape index (κ1) is 17.1. The molecule has 1 unspecified atom stereocenters. The fraction of sp³-hybridized carbons (Fsp3) is 0.529. The summed E-state index contributed by atoms with van der Waals surface area (Å²) in [6.07, 6.45) is 1.54. The van der Waals surface area contributed by atoms with Crippen LogP contribution in [0.5, 0.6) is 11.5 Å². The molecular formula is C17H24N2O4. The third-order valence-electron chi connectivity index (χ3n) is 3.97. The summed E-state index contributed by atoms with van der Waals surface area (Å²) in [6.45, 7) is 2.45. The van der Waals surface area contributed by atoms with Crippen molar-refractivity contribution in [3.05, 3.63) is 23.8 Å². The van der Waals surface area contributed by atoms with Crippen LogP contribution in [-0.2, 0) is 9.59 Å². The Bertz CT molecular complexity index is 586. The van der Waals surface area contributed by atoms with Crippen LogP contribution in [0.15, 0.2) is 18.2 Å². The molecule has 1 aliphatic heterocycles. The van der Waals surface area contributed by atoms with Gasteiger partial charge in [-0.05, 0) is 37.5 Å². The first-order chi connectivity index (χ1) is 10.9. The molecule has 1 aliphatic rings. The SMILES string of the molecule is COc1cc(C)ccc1OCC(=O)N1CCCC1C(=O)N(C)C. The molecule has 126 valence electrons. The summed E-state index contributed by atoms with van der Waals surface area (Å²) < 4.78 is 10.9. The molecule has 0 bridgehead atoms. The lowest BCUT2D eigenvalue weighted by Gasteiger charge is -2.26. The highest BCUT2D eigenvalue weighted by Gasteiger charge is 2.35. The van der Waals surface area contributed by atoms with E-state index in [1.54, 1.807) is 32.2 Å². The van der Waals surface area contributed by atoms with Gasteiger partial charge < -0.3 is 19.3 Å². The van der Waals surface area contributed by atoms with E-state index < -0.39 is 0 Å². The fourth-order valence-corrected chi connectivity index (χ4v) is 2.74. The van der Waals surface area contributed by atoms with Gasteiger partial charge in [-0.3, -0.25) is 9.59 Å². The molecule has 1 saturated heterocycles. The van der Waals surface area contributed by atoms with Crippen molar-refractivity contribution in [1.29, 1.82) is 0 Å². The highest BCUT2D eigenvalue weighted by Crippen LogP contribution is 2.28. The molecule has 23 heavy (non-hydrogen) atoms. The number of hydrogen-bond acceptors (Lipinski definition) is 4. The first-order valence-electron chi connectivity index (χ1n) is 7.72. The van der Waals surface area contributed by atoms with Gasteiger partial charge in [0.1, 0.15) is 6.04 Å². The van der Waals surface area contributed by atoms with Crippen molar-refractivity contribution in [2.45, 2.75) is 25.8 Å². The number of benzene rings is 1. The number of aryl methyl sites for hydroxylation is 1. The predicted octanol–water partition coefficient (Wildman–Crippen LogP) is 1.46. The van der Waals surface area contributed by atoms with E-state index in [1.165, 1.54) is 4.90 Å². The van der Waals surface area contributed by atoms with E-state index in [-0.39, 0.29) is 24.5 Å². The minimum Gasteiger partial charge on any atom is -0.493 e. The molecule has 0 N–H and O–H groups in total. The molecule has 1 aromatic rings. The lowest BCUT2D eigenvalue weighted by atomic mass is 10.2. The largest absolute Gasteiger partial charge is 0.493 e. The maximum atomic E-state index is 12.4. The van der Waals surface area contributed by atoms with Gasteiger partial charge in [0.25, 0.3) is 5.91 Å². The fourth-order valence-electron chi connectivity index (χ4n) is 2.74. The zero-order valence-electron chi connectivity index (χ0n) is 14.2. The Morgan fingerprint density at radius 2 is 2.04 bits per heavy atom. The summed E-state index contributed by atoms with van der Waals surface area (Å²) >= 11 is 0. The van der Waals surface area contributed by atoms with Crippen LogP contribution in [0.25, 0.3) is 0 Å². The molecule has 6 heteroatoms. The molecule has 2 rings (SSSR count). The Labute approximate surface area is 137 Å². The second-order valence-corrected chi connectivity index (χ2v) is 5.92. The van der Waals surface area contributed by atoms with Crippen molar-refractivity contribution < 1.29 is 19.1 Å². The van der Waals surface area contributed by atoms with Gasteiger partial charge in [-0.1, -0.05) is 6.07 Å². The molecule has 6 nitrogen and oxygen atoms in total. The Hall–Kier alpha value is -2.24. The number of likely N-dealkylation sites (tertiary alicyclic amines) is 1. The Morgan fingerprint density at radius 3 is 2.70 bits per heavy atom. The summed E-state index contributed by atoms with van der Waals surface area (Å²) in [5, 5.41) is 0. The van der Waals surface area contributed by atoms with Crippen molar-refractivity contribution in [3.63, 3.8) is 0 Å². The molecule has 0 saturated carbocycles. The zero-order chi connectivity index (χ0) is 17.0. The number of methoxy groups -OCH3 is 1. The summed E-state index contributed by atoms with van der Waals surface area (Å²) in [5.74, 6) is 0.912. The Balaban J connectivity index is 2.01. The number of ether oxygens (including phenoxy) is 2. The third-order valence-corrected chi connectivity index (χ3v) is 3.97. The van der Waals surface area contributed by atoms with Crippen molar-refractivity contribution in [2.24, 2.45) is 0 Å². The van der Waals surface area contributed by atoms with Gasteiger partial charge in [0.05, 0.1) is 7.11 Å². The molecule has 1 heterocycles. The Kier molecular flexibility index (Phi) is 5.47. The third kappa shape index (κ3) is 3.94. The minimum atomic E-state index is -0.374. The average Bonchev–Trinajstić information content (AvgIpc) is 3.01. The van der Waals surface area contributed by atoms with Crippen LogP contribution in [0, 0.1) is 6.92 Å². The summed E-state index contributed by atoms with van der Waals surface area (Å²) in [7, 11) is 4.98. The van der Waals surface area contributed by atoms with Gasteiger partial charge in [0.2, 0.25) is 5.91 Å². The number of rotatable bonds is 5.